The van der Waals surface area contributed by atoms with Crippen LogP contribution in [0.4, 0.5) is 13.2 Å². The second-order valence-corrected chi connectivity index (χ2v) is 7.90. The Hall–Kier alpha value is -1.67. The number of hydrogen-bond acceptors (Lipinski definition) is 3. The molecule has 1 aliphatic carbocycles. The molecular formula is C18H14BrF3N2OS. The van der Waals surface area contributed by atoms with Crippen LogP contribution in [0, 0.1) is 5.82 Å². The SMILES string of the molecule is CSC1C[C@H](c2ccccc2OC(F)F)c2c1nc1cc(F)c(Br)cn21. The second-order valence-electron chi connectivity index (χ2n) is 6.01. The molecular weight excluding hydrogens is 429 g/mol. The number of alkyl halides is 2. The van der Waals surface area contributed by atoms with Crippen LogP contribution in [-0.4, -0.2) is 22.3 Å². The number of thioether (sulfide) groups is 1. The standard InChI is InChI=1S/C18H14BrF3N2OS/c1-26-14-6-10(9-4-2-3-5-13(9)25-18(21)22)17-16(14)23-15-7-12(20)11(19)8-24(15)17/h2-5,7-8,10,14,18H,6H2,1H3/t10-,14?/m1/s1. The molecule has 0 amide bonds. The highest BCUT2D eigenvalue weighted by molar-refractivity contribution is 9.10. The molecule has 0 N–H and O–H groups in total. The summed E-state index contributed by atoms with van der Waals surface area (Å²) in [4.78, 5) is 4.61. The molecule has 0 fully saturated rings. The van der Waals surface area contributed by atoms with E-state index >= 15 is 0 Å². The Balaban J connectivity index is 1.91. The largest absolute Gasteiger partial charge is 0.435 e. The predicted octanol–water partition coefficient (Wildman–Crippen LogP) is 5.78. The molecule has 2 atom stereocenters. The molecule has 1 unspecified atom stereocenters. The van der Waals surface area contributed by atoms with Gasteiger partial charge < -0.3 is 9.14 Å². The van der Waals surface area contributed by atoms with Crippen LogP contribution in [0.25, 0.3) is 5.65 Å². The fourth-order valence-electron chi connectivity index (χ4n) is 3.55. The van der Waals surface area contributed by atoms with Gasteiger partial charge in [-0.3, -0.25) is 0 Å². The van der Waals surface area contributed by atoms with Crippen molar-refractivity contribution in [1.29, 1.82) is 0 Å². The van der Waals surface area contributed by atoms with Crippen LogP contribution in [0.1, 0.15) is 34.5 Å². The minimum Gasteiger partial charge on any atom is -0.435 e. The maximum Gasteiger partial charge on any atom is 0.387 e. The van der Waals surface area contributed by atoms with Gasteiger partial charge in [-0.05, 0) is 34.7 Å². The summed E-state index contributed by atoms with van der Waals surface area (Å²) in [6, 6.07) is 8.19. The first-order chi connectivity index (χ1) is 12.5. The summed E-state index contributed by atoms with van der Waals surface area (Å²) in [5, 5.41) is 0.108. The van der Waals surface area contributed by atoms with Crippen molar-refractivity contribution >= 4 is 33.3 Å². The zero-order valence-electron chi connectivity index (χ0n) is 13.6. The van der Waals surface area contributed by atoms with Crippen molar-refractivity contribution in [2.24, 2.45) is 0 Å². The zero-order valence-corrected chi connectivity index (χ0v) is 16.0. The van der Waals surface area contributed by atoms with Gasteiger partial charge >= 0.3 is 6.61 Å². The average Bonchev–Trinajstić information content (AvgIpc) is 3.12. The zero-order chi connectivity index (χ0) is 18.4. The number of pyridine rings is 1. The quantitative estimate of drug-likeness (QED) is 0.512. The highest BCUT2D eigenvalue weighted by atomic mass is 79.9. The number of hydrogen-bond donors (Lipinski definition) is 0. The fraction of sp³-hybridized carbons (Fsp3) is 0.278. The molecule has 8 heteroatoms. The van der Waals surface area contributed by atoms with Crippen molar-refractivity contribution in [3.63, 3.8) is 0 Å². The topological polar surface area (TPSA) is 26.5 Å². The van der Waals surface area contributed by atoms with Gasteiger partial charge in [-0.15, -0.1) is 0 Å². The van der Waals surface area contributed by atoms with Gasteiger partial charge in [0, 0.05) is 29.0 Å². The monoisotopic (exact) mass is 442 g/mol. The van der Waals surface area contributed by atoms with Gasteiger partial charge in [0.2, 0.25) is 0 Å². The van der Waals surface area contributed by atoms with Crippen LogP contribution >= 0.6 is 27.7 Å². The van der Waals surface area contributed by atoms with Crippen molar-refractivity contribution in [2.75, 3.05) is 6.26 Å². The third kappa shape index (κ3) is 2.89. The molecule has 136 valence electrons. The van der Waals surface area contributed by atoms with Gasteiger partial charge in [0.05, 0.1) is 15.9 Å². The Bertz CT molecular complexity index is 978. The van der Waals surface area contributed by atoms with Gasteiger partial charge in [0.15, 0.2) is 0 Å². The summed E-state index contributed by atoms with van der Waals surface area (Å²) in [5.41, 5.74) is 2.96. The molecule has 3 nitrogen and oxygen atoms in total. The predicted molar refractivity (Wildman–Crippen MR) is 98.6 cm³/mol. The summed E-state index contributed by atoms with van der Waals surface area (Å²) in [6.45, 7) is -2.89. The van der Waals surface area contributed by atoms with E-state index in [9.17, 15) is 13.2 Å². The number of aromatic nitrogens is 2. The van der Waals surface area contributed by atoms with Crippen LogP contribution in [0.15, 0.2) is 41.0 Å². The minimum absolute atomic E-state index is 0.108. The average molecular weight is 443 g/mol. The number of halogens is 4. The summed E-state index contributed by atoms with van der Waals surface area (Å²) >= 11 is 4.86. The Morgan fingerprint density at radius 2 is 2.12 bits per heavy atom. The van der Waals surface area contributed by atoms with E-state index in [2.05, 4.69) is 20.9 Å². The van der Waals surface area contributed by atoms with Crippen molar-refractivity contribution in [3.05, 3.63) is 63.8 Å². The van der Waals surface area contributed by atoms with E-state index in [1.54, 1.807) is 42.2 Å². The number of fused-ring (bicyclic) bond motifs is 3. The van der Waals surface area contributed by atoms with Gasteiger partial charge in [0.1, 0.15) is 17.2 Å². The Morgan fingerprint density at radius 1 is 1.35 bits per heavy atom. The molecule has 1 aromatic carbocycles. The molecule has 0 spiro atoms. The van der Waals surface area contributed by atoms with E-state index in [-0.39, 0.29) is 22.7 Å². The molecule has 1 aliphatic rings. The summed E-state index contributed by atoms with van der Waals surface area (Å²) < 4.78 is 46.5. The highest BCUT2D eigenvalue weighted by Crippen LogP contribution is 2.51. The molecule has 0 saturated carbocycles. The lowest BCUT2D eigenvalue weighted by Crippen LogP contribution is -2.08. The maximum absolute atomic E-state index is 13.9. The van der Waals surface area contributed by atoms with E-state index in [0.29, 0.717) is 15.7 Å². The molecule has 0 aliphatic heterocycles. The first-order valence-corrected chi connectivity index (χ1v) is 10.0. The van der Waals surface area contributed by atoms with Gasteiger partial charge in [-0.1, -0.05) is 18.2 Å². The first kappa shape index (κ1) is 17.7. The van der Waals surface area contributed by atoms with Crippen molar-refractivity contribution in [3.8, 4) is 5.75 Å². The third-order valence-corrected chi connectivity index (χ3v) is 6.18. The van der Waals surface area contributed by atoms with Crippen LogP contribution in [0.3, 0.4) is 0 Å². The molecule has 26 heavy (non-hydrogen) atoms. The Labute approximate surface area is 160 Å². The number of ether oxygens (including phenoxy) is 1. The van der Waals surface area contributed by atoms with Gasteiger partial charge in [-0.25, -0.2) is 9.37 Å². The molecule has 4 rings (SSSR count). The van der Waals surface area contributed by atoms with Crippen LogP contribution in [0.5, 0.6) is 5.75 Å². The number of imidazole rings is 1. The van der Waals surface area contributed by atoms with Crippen molar-refractivity contribution in [1.82, 2.24) is 9.38 Å². The number of benzene rings is 1. The lowest BCUT2D eigenvalue weighted by Gasteiger charge is -2.17. The van der Waals surface area contributed by atoms with Crippen molar-refractivity contribution in [2.45, 2.75) is 24.2 Å². The van der Waals surface area contributed by atoms with Gasteiger partial charge in [-0.2, -0.15) is 20.5 Å². The van der Waals surface area contributed by atoms with E-state index in [0.717, 1.165) is 17.8 Å². The number of para-hydroxylation sites is 1. The van der Waals surface area contributed by atoms with E-state index in [1.165, 1.54) is 6.07 Å². The highest BCUT2D eigenvalue weighted by Gasteiger charge is 2.38. The van der Waals surface area contributed by atoms with E-state index in [4.69, 9.17) is 4.74 Å². The van der Waals surface area contributed by atoms with Crippen LogP contribution in [0.2, 0.25) is 0 Å². The smallest absolute Gasteiger partial charge is 0.387 e. The van der Waals surface area contributed by atoms with Crippen LogP contribution in [-0.2, 0) is 0 Å². The third-order valence-electron chi connectivity index (χ3n) is 4.61. The molecule has 0 saturated heterocycles. The molecule has 2 heterocycles. The van der Waals surface area contributed by atoms with E-state index < -0.39 is 6.61 Å². The minimum atomic E-state index is -2.89. The van der Waals surface area contributed by atoms with Crippen LogP contribution < -0.4 is 4.74 Å². The molecule has 2 aromatic heterocycles. The molecule has 0 bridgehead atoms. The van der Waals surface area contributed by atoms with Crippen molar-refractivity contribution < 1.29 is 17.9 Å². The second kappa shape index (κ2) is 6.81. The Kier molecular flexibility index (Phi) is 4.64. The number of nitrogens with zero attached hydrogens (tertiary/aromatic N) is 2. The lowest BCUT2D eigenvalue weighted by molar-refractivity contribution is -0.0505. The fourth-order valence-corrected chi connectivity index (χ4v) is 4.65. The molecule has 0 radical (unpaired) electrons. The number of rotatable bonds is 4. The normalized spacial score (nSPS) is 19.3. The van der Waals surface area contributed by atoms with Gasteiger partial charge in [0.25, 0.3) is 0 Å². The van der Waals surface area contributed by atoms with E-state index in [1.807, 2.05) is 10.7 Å². The lowest BCUT2D eigenvalue weighted by atomic mass is 9.95. The first-order valence-electron chi connectivity index (χ1n) is 7.93. The maximum atomic E-state index is 13.9. The summed E-state index contributed by atoms with van der Waals surface area (Å²) in [5.74, 6) is -0.388. The Morgan fingerprint density at radius 3 is 2.85 bits per heavy atom. The summed E-state index contributed by atoms with van der Waals surface area (Å²) in [6.07, 6.45) is 4.35. The molecule has 3 aromatic rings. The summed E-state index contributed by atoms with van der Waals surface area (Å²) in [7, 11) is 0.